The Morgan fingerprint density at radius 2 is 2.33 bits per heavy atom. The minimum absolute atomic E-state index is 0.0856. The summed E-state index contributed by atoms with van der Waals surface area (Å²) >= 11 is 7.02. The van der Waals surface area contributed by atoms with Crippen molar-refractivity contribution < 1.29 is 0 Å². The first-order valence-electron chi connectivity index (χ1n) is 3.31. The number of aromatic nitrogens is 2. The maximum absolute atomic E-state index is 11.3. The summed E-state index contributed by atoms with van der Waals surface area (Å²) in [7, 11) is 1.71. The SMILES string of the molecule is Cn1sc2ccc(Cl)nc2c1=O. The maximum atomic E-state index is 11.3. The highest BCUT2D eigenvalue weighted by atomic mass is 35.5. The van der Waals surface area contributed by atoms with E-state index in [4.69, 9.17) is 11.6 Å². The van der Waals surface area contributed by atoms with Crippen molar-refractivity contribution in [3.63, 3.8) is 0 Å². The van der Waals surface area contributed by atoms with Gasteiger partial charge in [0.15, 0.2) is 0 Å². The second-order valence-corrected chi connectivity index (χ2v) is 3.93. The summed E-state index contributed by atoms with van der Waals surface area (Å²) in [5.74, 6) is 0. The molecule has 0 unspecified atom stereocenters. The fourth-order valence-corrected chi connectivity index (χ4v) is 1.95. The van der Waals surface area contributed by atoms with Crippen LogP contribution in [0.5, 0.6) is 0 Å². The molecular weight excluding hydrogens is 196 g/mol. The van der Waals surface area contributed by atoms with Crippen LogP contribution in [-0.4, -0.2) is 8.94 Å². The van der Waals surface area contributed by atoms with Gasteiger partial charge in [-0.2, -0.15) is 0 Å². The largest absolute Gasteiger partial charge is 0.286 e. The lowest BCUT2D eigenvalue weighted by Gasteiger charge is -1.85. The standard InChI is InChI=1S/C7H5ClN2OS/c1-10-7(11)6-4(12-10)2-3-5(8)9-6/h2-3H,1H3. The third-order valence-electron chi connectivity index (χ3n) is 1.55. The monoisotopic (exact) mass is 200 g/mol. The van der Waals surface area contributed by atoms with Gasteiger partial charge < -0.3 is 0 Å². The molecule has 0 radical (unpaired) electrons. The number of pyridine rings is 1. The van der Waals surface area contributed by atoms with Crippen LogP contribution >= 0.6 is 23.1 Å². The van der Waals surface area contributed by atoms with E-state index in [2.05, 4.69) is 4.98 Å². The molecule has 0 atom stereocenters. The zero-order valence-corrected chi connectivity index (χ0v) is 7.82. The lowest BCUT2D eigenvalue weighted by molar-refractivity contribution is 0.985. The van der Waals surface area contributed by atoms with Crippen molar-refractivity contribution in [2.24, 2.45) is 7.05 Å². The Hall–Kier alpha value is -0.870. The van der Waals surface area contributed by atoms with E-state index in [-0.39, 0.29) is 5.56 Å². The number of hydrogen-bond donors (Lipinski definition) is 0. The molecule has 2 aromatic rings. The van der Waals surface area contributed by atoms with E-state index < -0.39 is 0 Å². The van der Waals surface area contributed by atoms with Crippen LogP contribution in [0.1, 0.15) is 0 Å². The molecule has 0 saturated heterocycles. The zero-order chi connectivity index (χ0) is 8.72. The molecule has 0 spiro atoms. The van der Waals surface area contributed by atoms with E-state index in [0.29, 0.717) is 10.7 Å². The van der Waals surface area contributed by atoms with E-state index in [1.54, 1.807) is 19.2 Å². The number of halogens is 1. The molecule has 12 heavy (non-hydrogen) atoms. The van der Waals surface area contributed by atoms with E-state index >= 15 is 0 Å². The van der Waals surface area contributed by atoms with E-state index in [1.807, 2.05) is 0 Å². The third-order valence-corrected chi connectivity index (χ3v) is 2.72. The van der Waals surface area contributed by atoms with Crippen molar-refractivity contribution in [3.8, 4) is 0 Å². The summed E-state index contributed by atoms with van der Waals surface area (Å²) in [5, 5.41) is 0.359. The van der Waals surface area contributed by atoms with Gasteiger partial charge in [-0.25, -0.2) is 4.98 Å². The van der Waals surface area contributed by atoms with Crippen molar-refractivity contribution >= 4 is 33.4 Å². The molecule has 0 aliphatic carbocycles. The molecular formula is C7H5ClN2OS. The second-order valence-electron chi connectivity index (χ2n) is 2.37. The summed E-state index contributed by atoms with van der Waals surface area (Å²) in [6, 6.07) is 3.48. The number of aryl methyl sites for hydroxylation is 1. The number of fused-ring (bicyclic) bond motifs is 1. The van der Waals surface area contributed by atoms with Gasteiger partial charge in [0.1, 0.15) is 10.7 Å². The first-order valence-corrected chi connectivity index (χ1v) is 4.46. The lowest BCUT2D eigenvalue weighted by atomic mass is 10.4. The van der Waals surface area contributed by atoms with Crippen molar-refractivity contribution in [2.45, 2.75) is 0 Å². The highest BCUT2D eigenvalue weighted by Gasteiger charge is 2.05. The van der Waals surface area contributed by atoms with Crippen LogP contribution in [0.3, 0.4) is 0 Å². The lowest BCUT2D eigenvalue weighted by Crippen LogP contribution is -2.08. The molecule has 0 aromatic carbocycles. The summed E-state index contributed by atoms with van der Waals surface area (Å²) in [6.45, 7) is 0. The van der Waals surface area contributed by atoms with Gasteiger partial charge >= 0.3 is 0 Å². The van der Waals surface area contributed by atoms with Gasteiger partial charge in [-0.1, -0.05) is 23.1 Å². The number of nitrogens with zero attached hydrogens (tertiary/aromatic N) is 2. The molecule has 0 fully saturated rings. The fraction of sp³-hybridized carbons (Fsp3) is 0.143. The van der Waals surface area contributed by atoms with Gasteiger partial charge in [-0.15, -0.1) is 0 Å². The molecule has 0 saturated carbocycles. The van der Waals surface area contributed by atoms with Crippen molar-refractivity contribution in [2.75, 3.05) is 0 Å². The first kappa shape index (κ1) is 7.76. The third kappa shape index (κ3) is 1.04. The average Bonchev–Trinajstić information content (AvgIpc) is 2.31. The minimum Gasteiger partial charge on any atom is -0.266 e. The number of hydrogen-bond acceptors (Lipinski definition) is 3. The van der Waals surface area contributed by atoms with Crippen LogP contribution in [0.4, 0.5) is 0 Å². The average molecular weight is 201 g/mol. The number of rotatable bonds is 0. The summed E-state index contributed by atoms with van der Waals surface area (Å²) in [4.78, 5) is 15.3. The molecule has 0 aliphatic heterocycles. The van der Waals surface area contributed by atoms with Gasteiger partial charge in [-0.3, -0.25) is 8.75 Å². The Bertz CT molecular complexity index is 488. The normalized spacial score (nSPS) is 10.8. The van der Waals surface area contributed by atoms with Gasteiger partial charge in [0.05, 0.1) is 4.70 Å². The van der Waals surface area contributed by atoms with Gasteiger partial charge in [0.2, 0.25) is 0 Å². The van der Waals surface area contributed by atoms with Crippen LogP contribution in [0.15, 0.2) is 16.9 Å². The zero-order valence-electron chi connectivity index (χ0n) is 6.24. The predicted octanol–water partition coefficient (Wildman–Crippen LogP) is 1.65. The van der Waals surface area contributed by atoms with E-state index in [1.165, 1.54) is 15.5 Å². The first-order chi connectivity index (χ1) is 5.68. The Morgan fingerprint density at radius 1 is 1.58 bits per heavy atom. The van der Waals surface area contributed by atoms with Crippen molar-refractivity contribution in [1.82, 2.24) is 8.94 Å². The Morgan fingerprint density at radius 3 is 3.08 bits per heavy atom. The maximum Gasteiger partial charge on any atom is 0.286 e. The molecule has 0 aliphatic rings. The molecule has 3 nitrogen and oxygen atoms in total. The van der Waals surface area contributed by atoms with Crippen LogP contribution in [-0.2, 0) is 7.05 Å². The molecule has 0 amide bonds. The van der Waals surface area contributed by atoms with Gasteiger partial charge in [0, 0.05) is 7.05 Å². The smallest absolute Gasteiger partial charge is 0.266 e. The summed E-state index contributed by atoms with van der Waals surface area (Å²) in [6.07, 6.45) is 0. The van der Waals surface area contributed by atoms with Crippen molar-refractivity contribution in [1.29, 1.82) is 0 Å². The van der Waals surface area contributed by atoms with Crippen LogP contribution in [0.25, 0.3) is 10.2 Å². The minimum atomic E-state index is -0.0856. The van der Waals surface area contributed by atoms with Crippen LogP contribution in [0, 0.1) is 0 Å². The van der Waals surface area contributed by atoms with Crippen LogP contribution < -0.4 is 5.56 Å². The quantitative estimate of drug-likeness (QED) is 0.607. The summed E-state index contributed by atoms with van der Waals surface area (Å²) < 4.78 is 2.40. The highest BCUT2D eigenvalue weighted by molar-refractivity contribution is 7.13. The molecule has 2 rings (SSSR count). The Labute approximate surface area is 77.4 Å². The molecule has 5 heteroatoms. The molecule has 0 bridgehead atoms. The van der Waals surface area contributed by atoms with Gasteiger partial charge in [-0.05, 0) is 12.1 Å². The molecule has 2 heterocycles. The van der Waals surface area contributed by atoms with Crippen LogP contribution in [0.2, 0.25) is 5.15 Å². The van der Waals surface area contributed by atoms with Crippen molar-refractivity contribution in [3.05, 3.63) is 27.6 Å². The van der Waals surface area contributed by atoms with Gasteiger partial charge in [0.25, 0.3) is 5.56 Å². The molecule has 0 N–H and O–H groups in total. The summed E-state index contributed by atoms with van der Waals surface area (Å²) in [5.41, 5.74) is 0.368. The highest BCUT2D eigenvalue weighted by Crippen LogP contribution is 2.16. The Balaban J connectivity index is 2.98. The second kappa shape index (κ2) is 2.57. The van der Waals surface area contributed by atoms with E-state index in [9.17, 15) is 4.79 Å². The molecule has 62 valence electrons. The van der Waals surface area contributed by atoms with E-state index in [0.717, 1.165) is 4.70 Å². The Kier molecular flexibility index (Phi) is 1.66. The molecule has 2 aromatic heterocycles. The predicted molar refractivity (Wildman–Crippen MR) is 49.9 cm³/mol. The fourth-order valence-electron chi connectivity index (χ4n) is 0.988. The topological polar surface area (TPSA) is 34.9 Å².